The molecule has 0 heterocycles. The molecule has 3 saturated carbocycles. The number of aliphatic hydroxyl groups excluding tert-OH is 2. The van der Waals surface area contributed by atoms with Gasteiger partial charge in [-0.05, 0) is 67.9 Å². The van der Waals surface area contributed by atoms with Crippen LogP contribution in [-0.2, 0) is 23.9 Å². The zero-order chi connectivity index (χ0) is 38.2. The molecule has 2 bridgehead atoms. The zero-order valence-electron chi connectivity index (χ0n) is 30.9. The summed E-state index contributed by atoms with van der Waals surface area (Å²) in [7, 11) is 0. The Morgan fingerprint density at radius 3 is 2.10 bits per heavy atom. The molecule has 280 valence electrons. The van der Waals surface area contributed by atoms with Gasteiger partial charge >= 0.3 is 11.9 Å². The number of rotatable bonds is 7. The molecule has 0 unspecified atom stereocenters. The van der Waals surface area contributed by atoms with Crippen molar-refractivity contribution in [3.63, 3.8) is 0 Å². The molecule has 1 amide bonds. The van der Waals surface area contributed by atoms with E-state index in [0.717, 1.165) is 0 Å². The molecule has 4 aliphatic rings. The molecule has 0 radical (unpaired) electrons. The molecule has 0 aromatic heterocycles. The van der Waals surface area contributed by atoms with Gasteiger partial charge in [-0.15, -0.1) is 0 Å². The molecule has 0 saturated heterocycles. The van der Waals surface area contributed by atoms with Crippen molar-refractivity contribution in [2.24, 2.45) is 34.5 Å². The predicted molar refractivity (Wildman–Crippen MR) is 189 cm³/mol. The van der Waals surface area contributed by atoms with Gasteiger partial charge in [-0.3, -0.25) is 14.4 Å². The normalized spacial score (nSPS) is 37.5. The number of carbonyl (C=O) groups is 4. The first-order valence-corrected chi connectivity index (χ1v) is 18.2. The number of hydrogen-bond acceptors (Lipinski definition) is 10. The van der Waals surface area contributed by atoms with Crippen LogP contribution in [-0.4, -0.2) is 73.3 Å². The van der Waals surface area contributed by atoms with Crippen molar-refractivity contribution in [1.82, 2.24) is 5.32 Å². The van der Waals surface area contributed by atoms with Crippen molar-refractivity contribution in [3.05, 3.63) is 82.9 Å². The minimum absolute atomic E-state index is 0.129. The van der Waals surface area contributed by atoms with Crippen molar-refractivity contribution in [3.8, 4) is 0 Å². The van der Waals surface area contributed by atoms with Crippen molar-refractivity contribution in [2.75, 3.05) is 0 Å². The average molecular weight is 718 g/mol. The molecule has 11 atom stereocenters. The van der Waals surface area contributed by atoms with Gasteiger partial charge < -0.3 is 35.2 Å². The Bertz CT molecular complexity index is 1790. The first-order valence-electron chi connectivity index (χ1n) is 18.2. The van der Waals surface area contributed by atoms with E-state index in [1.165, 1.54) is 13.8 Å². The SMILES string of the molecule is CC(=O)O[C@@]12CC[C@@H]1C[C@H](O)[C@@]1(C)C(=O)[C@H](C)C3=C(C)[C@@](O)(OC(=O)[C@H](O)[C@@H](NC(=O)c4ccccc4)c4ccccc4)C[C@@](O)([C@@H](C)[C@H]21)C3(C)C. The fourth-order valence-electron chi connectivity index (χ4n) is 10.7. The lowest BCUT2D eigenvalue weighted by Gasteiger charge is -2.69. The fourth-order valence-corrected chi connectivity index (χ4v) is 10.7. The highest BCUT2D eigenvalue weighted by Crippen LogP contribution is 2.69. The highest BCUT2D eigenvalue weighted by Gasteiger charge is 2.75. The number of nitrogens with one attached hydrogen (secondary N) is 1. The average Bonchev–Trinajstić information content (AvgIpc) is 3.09. The highest BCUT2D eigenvalue weighted by molar-refractivity contribution is 5.95. The molecule has 11 heteroatoms. The van der Waals surface area contributed by atoms with Gasteiger partial charge in [0, 0.05) is 42.1 Å². The van der Waals surface area contributed by atoms with Gasteiger partial charge in [0.2, 0.25) is 5.79 Å². The third-order valence-corrected chi connectivity index (χ3v) is 13.5. The van der Waals surface area contributed by atoms with Crippen molar-refractivity contribution in [2.45, 2.75) is 109 Å². The van der Waals surface area contributed by atoms with Gasteiger partial charge in [0.25, 0.3) is 5.91 Å². The number of hydrogen-bond donors (Lipinski definition) is 5. The Labute approximate surface area is 304 Å². The van der Waals surface area contributed by atoms with Crippen LogP contribution >= 0.6 is 0 Å². The Hall–Kier alpha value is -3.90. The Morgan fingerprint density at radius 1 is 0.942 bits per heavy atom. The summed E-state index contributed by atoms with van der Waals surface area (Å²) < 4.78 is 12.0. The van der Waals surface area contributed by atoms with Gasteiger partial charge in [0.1, 0.15) is 11.4 Å². The third-order valence-electron chi connectivity index (χ3n) is 13.5. The van der Waals surface area contributed by atoms with E-state index in [4.69, 9.17) is 9.47 Å². The van der Waals surface area contributed by atoms with Crippen LogP contribution in [0, 0.1) is 34.5 Å². The van der Waals surface area contributed by atoms with E-state index in [0.29, 0.717) is 29.5 Å². The van der Waals surface area contributed by atoms with E-state index in [9.17, 15) is 39.6 Å². The lowest BCUT2D eigenvalue weighted by molar-refractivity contribution is -0.294. The summed E-state index contributed by atoms with van der Waals surface area (Å²) in [6.45, 7) is 11.5. The van der Waals surface area contributed by atoms with E-state index in [2.05, 4.69) is 5.32 Å². The molecule has 2 aromatic rings. The molecule has 6 rings (SSSR count). The fraction of sp³-hybridized carbons (Fsp3) is 0.561. The summed E-state index contributed by atoms with van der Waals surface area (Å²) in [4.78, 5) is 54.8. The second-order valence-corrected chi connectivity index (χ2v) is 16.3. The second-order valence-electron chi connectivity index (χ2n) is 16.3. The van der Waals surface area contributed by atoms with Crippen LogP contribution in [0.25, 0.3) is 0 Å². The van der Waals surface area contributed by atoms with Crippen LogP contribution in [0.5, 0.6) is 0 Å². The number of ketones is 1. The summed E-state index contributed by atoms with van der Waals surface area (Å²) in [5.74, 6) is -8.13. The maximum absolute atomic E-state index is 14.9. The van der Waals surface area contributed by atoms with Crippen LogP contribution in [0.4, 0.5) is 0 Å². The smallest absolute Gasteiger partial charge is 0.340 e. The minimum atomic E-state index is -2.50. The molecule has 2 aromatic carbocycles. The predicted octanol–water partition coefficient (Wildman–Crippen LogP) is 4.18. The molecule has 11 nitrogen and oxygen atoms in total. The molecule has 0 aliphatic heterocycles. The van der Waals surface area contributed by atoms with Gasteiger partial charge in [-0.25, -0.2) is 4.79 Å². The first kappa shape index (κ1) is 37.8. The number of carbonyl (C=O) groups excluding carboxylic acids is 4. The van der Waals surface area contributed by atoms with E-state index in [-0.39, 0.29) is 23.7 Å². The topological polar surface area (TPSA) is 180 Å². The number of amides is 1. The number of fused-ring (bicyclic) bond motifs is 5. The Kier molecular flexibility index (Phi) is 9.39. The maximum atomic E-state index is 14.9. The number of Topliss-reactive ketones (excluding diaryl/α,β-unsaturated/α-hetero) is 1. The van der Waals surface area contributed by atoms with Crippen molar-refractivity contribution in [1.29, 1.82) is 0 Å². The third kappa shape index (κ3) is 5.46. The standard InChI is InChI=1S/C41H51NO10/c1-22-30-23(2)41(50,52-36(48)32(45)31(26-14-10-8-11-15-26)42-35(47)27-16-12-9-13-17-27)21-40(49,37(30,5)6)24(3)33-38(7,34(22)46)29(44)20-28-18-19-39(28,33)51-25(4)43/h8-17,22,24,28-29,31-33,44-45,49-50H,18-21H2,1-7H3,(H,42,47)/t22-,24+,28-,29+,31+,32-,33+,38-,39+,40-,41+/m1/s1. The number of benzene rings is 2. The van der Waals surface area contributed by atoms with Gasteiger partial charge in [-0.2, -0.15) is 0 Å². The zero-order valence-corrected chi connectivity index (χ0v) is 30.9. The highest BCUT2D eigenvalue weighted by atomic mass is 16.7. The second kappa shape index (κ2) is 12.9. The van der Waals surface area contributed by atoms with E-state index >= 15 is 0 Å². The van der Waals surface area contributed by atoms with Crippen LogP contribution in [0.1, 0.15) is 96.1 Å². The van der Waals surface area contributed by atoms with Crippen LogP contribution in [0.15, 0.2) is 71.8 Å². The monoisotopic (exact) mass is 717 g/mol. The molecule has 52 heavy (non-hydrogen) atoms. The van der Waals surface area contributed by atoms with Gasteiger partial charge in [0.05, 0.1) is 23.2 Å². The molecular weight excluding hydrogens is 666 g/mol. The molecule has 5 N–H and O–H groups in total. The van der Waals surface area contributed by atoms with Crippen molar-refractivity contribution >= 4 is 23.6 Å². The number of esters is 2. The summed E-state index contributed by atoms with van der Waals surface area (Å²) in [6.07, 6.45) is -2.25. The molecule has 3 fully saturated rings. The summed E-state index contributed by atoms with van der Waals surface area (Å²) in [6, 6.07) is 15.4. The van der Waals surface area contributed by atoms with Gasteiger partial charge in [-0.1, -0.05) is 76.2 Å². The van der Waals surface area contributed by atoms with E-state index in [1.54, 1.807) is 95.3 Å². The van der Waals surface area contributed by atoms with Crippen LogP contribution < -0.4 is 5.32 Å². The van der Waals surface area contributed by atoms with Crippen LogP contribution in [0.3, 0.4) is 0 Å². The summed E-state index contributed by atoms with van der Waals surface area (Å²) >= 11 is 0. The van der Waals surface area contributed by atoms with Crippen LogP contribution in [0.2, 0.25) is 0 Å². The Morgan fingerprint density at radius 2 is 1.54 bits per heavy atom. The molecule has 0 spiro atoms. The number of aliphatic hydroxyl groups is 4. The Balaban J connectivity index is 1.42. The largest absolute Gasteiger partial charge is 0.459 e. The van der Waals surface area contributed by atoms with Gasteiger partial charge in [0.15, 0.2) is 6.10 Å². The lowest BCUT2D eigenvalue weighted by atomic mass is 9.38. The first-order chi connectivity index (χ1) is 24.3. The number of ether oxygens (including phenoxy) is 2. The van der Waals surface area contributed by atoms with E-state index < -0.39 is 88.1 Å². The lowest BCUT2D eigenvalue weighted by Crippen LogP contribution is -2.76. The van der Waals surface area contributed by atoms with E-state index in [1.807, 2.05) is 0 Å². The quantitative estimate of drug-likeness (QED) is 0.159. The minimum Gasteiger partial charge on any atom is -0.459 e. The summed E-state index contributed by atoms with van der Waals surface area (Å²) in [5, 5.41) is 51.6. The van der Waals surface area contributed by atoms with Crippen molar-refractivity contribution < 1.29 is 49.1 Å². The maximum Gasteiger partial charge on any atom is 0.340 e. The molecular formula is C41H51NO10. The summed E-state index contributed by atoms with van der Waals surface area (Å²) in [5.41, 5.74) is -4.46. The molecule has 4 aliphatic carbocycles.